The first kappa shape index (κ1) is 21.7. The average Bonchev–Trinajstić information content (AvgIpc) is 3.17. The van der Waals surface area contributed by atoms with Gasteiger partial charge in [-0.2, -0.15) is 4.31 Å². The van der Waals surface area contributed by atoms with Gasteiger partial charge in [0.05, 0.1) is 12.0 Å². The molecule has 0 unspecified atom stereocenters. The topological polar surface area (TPSA) is 110 Å². The number of carbonyl (C=O) groups is 1. The van der Waals surface area contributed by atoms with Crippen LogP contribution in [-0.4, -0.2) is 50.0 Å². The molecule has 27 heavy (non-hydrogen) atoms. The first-order valence-electron chi connectivity index (χ1n) is 9.49. The Bertz CT molecular complexity index is 699. The molecular formula is C19H30N2O5S. The van der Waals surface area contributed by atoms with Gasteiger partial charge in [0.25, 0.3) is 0 Å². The second-order valence-electron chi connectivity index (χ2n) is 7.04. The van der Waals surface area contributed by atoms with Crippen molar-refractivity contribution in [2.45, 2.75) is 55.9 Å². The van der Waals surface area contributed by atoms with Gasteiger partial charge in [0.1, 0.15) is 11.8 Å². The molecule has 1 aliphatic rings. The van der Waals surface area contributed by atoms with E-state index in [-0.39, 0.29) is 23.8 Å². The van der Waals surface area contributed by atoms with Gasteiger partial charge >= 0.3 is 5.97 Å². The van der Waals surface area contributed by atoms with E-state index in [9.17, 15) is 18.3 Å². The van der Waals surface area contributed by atoms with Crippen LogP contribution >= 0.6 is 0 Å². The van der Waals surface area contributed by atoms with Crippen LogP contribution in [0.15, 0.2) is 29.2 Å². The highest BCUT2D eigenvalue weighted by Crippen LogP contribution is 2.30. The predicted molar refractivity (Wildman–Crippen MR) is 103 cm³/mol. The summed E-state index contributed by atoms with van der Waals surface area (Å²) in [6.45, 7) is 0.703. The van der Waals surface area contributed by atoms with Crippen LogP contribution in [0.5, 0.6) is 5.75 Å². The zero-order valence-corrected chi connectivity index (χ0v) is 16.7. The number of sulfonamides is 1. The van der Waals surface area contributed by atoms with E-state index in [4.69, 9.17) is 10.5 Å². The minimum absolute atomic E-state index is 0.0892. The van der Waals surface area contributed by atoms with Crippen LogP contribution in [0.25, 0.3) is 0 Å². The summed E-state index contributed by atoms with van der Waals surface area (Å²) in [5.74, 6) is -0.356. The summed E-state index contributed by atoms with van der Waals surface area (Å²) < 4.78 is 32.9. The molecule has 0 bridgehead atoms. The van der Waals surface area contributed by atoms with Crippen LogP contribution in [0, 0.1) is 5.92 Å². The van der Waals surface area contributed by atoms with Crippen molar-refractivity contribution in [3.8, 4) is 5.75 Å². The molecule has 0 aromatic heterocycles. The summed E-state index contributed by atoms with van der Waals surface area (Å²) in [5.41, 5.74) is 5.51. The molecule has 1 aromatic rings. The molecule has 1 fully saturated rings. The third-order valence-electron chi connectivity index (χ3n) is 5.14. The Hall–Kier alpha value is -1.64. The van der Waals surface area contributed by atoms with Crippen LogP contribution in [0.1, 0.15) is 44.9 Å². The average molecular weight is 399 g/mol. The van der Waals surface area contributed by atoms with Crippen LogP contribution in [0.4, 0.5) is 0 Å². The largest absolute Gasteiger partial charge is 0.497 e. The van der Waals surface area contributed by atoms with Gasteiger partial charge < -0.3 is 15.6 Å². The molecule has 8 heteroatoms. The van der Waals surface area contributed by atoms with Crippen molar-refractivity contribution in [1.82, 2.24) is 4.31 Å². The Morgan fingerprint density at radius 1 is 1.26 bits per heavy atom. The number of hydrogen-bond acceptors (Lipinski definition) is 5. The molecule has 1 aromatic carbocycles. The van der Waals surface area contributed by atoms with E-state index in [0.717, 1.165) is 25.7 Å². The molecule has 0 radical (unpaired) electrons. The van der Waals surface area contributed by atoms with E-state index in [1.807, 2.05) is 0 Å². The van der Waals surface area contributed by atoms with Crippen LogP contribution in [0.2, 0.25) is 0 Å². The summed E-state index contributed by atoms with van der Waals surface area (Å²) >= 11 is 0. The summed E-state index contributed by atoms with van der Waals surface area (Å²) in [6.07, 6.45) is 5.50. The monoisotopic (exact) mass is 398 g/mol. The number of benzene rings is 1. The number of rotatable bonds is 11. The summed E-state index contributed by atoms with van der Waals surface area (Å²) in [4.78, 5) is 12.0. The molecule has 7 nitrogen and oxygen atoms in total. The van der Waals surface area contributed by atoms with Crippen molar-refractivity contribution in [2.75, 3.05) is 20.2 Å². The number of methoxy groups -OCH3 is 1. The Morgan fingerprint density at radius 3 is 2.41 bits per heavy atom. The quantitative estimate of drug-likeness (QED) is 0.554. The van der Waals surface area contributed by atoms with E-state index in [0.29, 0.717) is 25.1 Å². The lowest BCUT2D eigenvalue weighted by atomic mass is 10.1. The highest BCUT2D eigenvalue weighted by Gasteiger charge is 2.37. The normalized spacial score (nSPS) is 16.6. The third-order valence-corrected chi connectivity index (χ3v) is 7.03. The predicted octanol–water partition coefficient (Wildman–Crippen LogP) is 2.46. The van der Waals surface area contributed by atoms with Gasteiger partial charge in [-0.05, 0) is 68.8 Å². The molecule has 0 aliphatic heterocycles. The van der Waals surface area contributed by atoms with E-state index < -0.39 is 22.0 Å². The maximum absolute atomic E-state index is 13.3. The van der Waals surface area contributed by atoms with Crippen molar-refractivity contribution in [2.24, 2.45) is 11.7 Å². The maximum Gasteiger partial charge on any atom is 0.322 e. The van der Waals surface area contributed by atoms with Crippen molar-refractivity contribution in [3.63, 3.8) is 0 Å². The molecule has 0 spiro atoms. The van der Waals surface area contributed by atoms with Crippen LogP contribution in [-0.2, 0) is 14.8 Å². The number of ether oxygens (including phenoxy) is 1. The standard InChI is InChI=1S/C19H30N2O5S/c1-26-16-9-11-17(12-10-16)27(24,25)21(14-15-6-2-3-7-15)18(19(22)23)8-4-5-13-20/h9-12,15,18H,2-8,13-14,20H2,1H3,(H,22,23)/t18-/m0/s1. The first-order chi connectivity index (χ1) is 12.9. The second-order valence-corrected chi connectivity index (χ2v) is 8.93. The SMILES string of the molecule is COc1ccc(S(=O)(=O)N(CC2CCCC2)[C@@H](CCCCN)C(=O)O)cc1. The Kier molecular flexibility index (Phi) is 8.07. The first-order valence-corrected chi connectivity index (χ1v) is 10.9. The lowest BCUT2D eigenvalue weighted by Gasteiger charge is -2.30. The minimum atomic E-state index is -3.93. The van der Waals surface area contributed by atoms with Gasteiger partial charge in [0.2, 0.25) is 10.0 Å². The van der Waals surface area contributed by atoms with Crippen LogP contribution < -0.4 is 10.5 Å². The number of carboxylic acid groups (broad SMARTS) is 1. The number of nitrogens with zero attached hydrogens (tertiary/aromatic N) is 1. The highest BCUT2D eigenvalue weighted by molar-refractivity contribution is 7.89. The Morgan fingerprint density at radius 2 is 1.89 bits per heavy atom. The molecular weight excluding hydrogens is 368 g/mol. The fourth-order valence-electron chi connectivity index (χ4n) is 3.60. The van der Waals surface area contributed by atoms with Crippen molar-refractivity contribution < 1.29 is 23.1 Å². The number of carboxylic acids is 1. The van der Waals surface area contributed by atoms with Gasteiger partial charge in [-0.1, -0.05) is 12.8 Å². The number of unbranched alkanes of at least 4 members (excludes halogenated alkanes) is 1. The van der Waals surface area contributed by atoms with Gasteiger partial charge in [-0.3, -0.25) is 4.79 Å². The van der Waals surface area contributed by atoms with Gasteiger partial charge in [0.15, 0.2) is 0 Å². The summed E-state index contributed by atoms with van der Waals surface area (Å²) in [5, 5.41) is 9.75. The van der Waals surface area contributed by atoms with Gasteiger partial charge in [-0.15, -0.1) is 0 Å². The summed E-state index contributed by atoms with van der Waals surface area (Å²) in [7, 11) is -2.42. The minimum Gasteiger partial charge on any atom is -0.497 e. The fraction of sp³-hybridized carbons (Fsp3) is 0.632. The second kappa shape index (κ2) is 10.1. The molecule has 0 saturated heterocycles. The lowest BCUT2D eigenvalue weighted by Crippen LogP contribution is -2.47. The molecule has 3 N–H and O–H groups in total. The van der Waals surface area contributed by atoms with E-state index in [2.05, 4.69) is 0 Å². The molecule has 1 saturated carbocycles. The Balaban J connectivity index is 2.33. The third kappa shape index (κ3) is 5.67. The van der Waals surface area contributed by atoms with Gasteiger partial charge in [0, 0.05) is 6.54 Å². The van der Waals surface area contributed by atoms with Crippen molar-refractivity contribution >= 4 is 16.0 Å². The van der Waals surface area contributed by atoms with E-state index in [1.165, 1.54) is 23.5 Å². The zero-order chi connectivity index (χ0) is 19.9. The van der Waals surface area contributed by atoms with Crippen LogP contribution in [0.3, 0.4) is 0 Å². The molecule has 1 atom stereocenters. The molecule has 0 amide bonds. The smallest absolute Gasteiger partial charge is 0.322 e. The van der Waals surface area contributed by atoms with Crippen molar-refractivity contribution in [3.05, 3.63) is 24.3 Å². The lowest BCUT2D eigenvalue weighted by molar-refractivity contribution is -0.141. The number of hydrogen-bond donors (Lipinski definition) is 2. The Labute approximate surface area is 161 Å². The molecule has 2 rings (SSSR count). The molecule has 0 heterocycles. The highest BCUT2D eigenvalue weighted by atomic mass is 32.2. The maximum atomic E-state index is 13.3. The molecule has 1 aliphatic carbocycles. The van der Waals surface area contributed by atoms with E-state index in [1.54, 1.807) is 12.1 Å². The summed E-state index contributed by atoms with van der Waals surface area (Å²) in [6, 6.07) is 5.00. The van der Waals surface area contributed by atoms with Gasteiger partial charge in [-0.25, -0.2) is 8.42 Å². The number of nitrogens with two attached hydrogens (primary N) is 1. The van der Waals surface area contributed by atoms with Crippen molar-refractivity contribution in [1.29, 1.82) is 0 Å². The zero-order valence-electron chi connectivity index (χ0n) is 15.8. The molecule has 152 valence electrons. The fourth-order valence-corrected chi connectivity index (χ4v) is 5.28. The van der Waals surface area contributed by atoms with E-state index >= 15 is 0 Å². The number of aliphatic carboxylic acids is 1.